The van der Waals surface area contributed by atoms with Crippen molar-refractivity contribution in [2.45, 2.75) is 13.8 Å². The number of benzene rings is 1. The van der Waals surface area contributed by atoms with Gasteiger partial charge in [0.1, 0.15) is 0 Å². The van der Waals surface area contributed by atoms with E-state index in [0.29, 0.717) is 0 Å². The lowest BCUT2D eigenvalue weighted by atomic mass is 10.1. The van der Waals surface area contributed by atoms with Crippen molar-refractivity contribution in [2.75, 3.05) is 54.7 Å². The van der Waals surface area contributed by atoms with Crippen LogP contribution in [0, 0.1) is 0 Å². The fraction of sp³-hybridized carbons (Fsp3) is 0.455. The van der Waals surface area contributed by atoms with E-state index >= 15 is 0 Å². The Morgan fingerprint density at radius 2 is 1.21 bits per heavy atom. The quantitative estimate of drug-likeness (QED) is 0.453. The molecule has 3 rings (SSSR count). The summed E-state index contributed by atoms with van der Waals surface area (Å²) < 4.78 is 20.0. The first-order valence-corrected chi connectivity index (χ1v) is 12.2. The minimum absolute atomic E-state index is 0.140. The van der Waals surface area contributed by atoms with Gasteiger partial charge in [-0.3, -0.25) is 4.57 Å². The number of carbonyl (C=O) groups is 2. The van der Waals surface area contributed by atoms with Gasteiger partial charge in [0.15, 0.2) is 0 Å². The summed E-state index contributed by atoms with van der Waals surface area (Å²) in [4.78, 5) is 49.6. The second-order valence-electron chi connectivity index (χ2n) is 7.50. The van der Waals surface area contributed by atoms with Crippen LogP contribution in [0.15, 0.2) is 43.0 Å². The largest absolute Gasteiger partial charge is 0.465 e. The highest BCUT2D eigenvalue weighted by atomic mass is 31.2. The van der Waals surface area contributed by atoms with Gasteiger partial charge in [-0.2, -0.15) is 0 Å². The molecule has 34 heavy (non-hydrogen) atoms. The van der Waals surface area contributed by atoms with Gasteiger partial charge in [0, 0.05) is 52.0 Å². The summed E-state index contributed by atoms with van der Waals surface area (Å²) in [5.41, 5.74) is -0.280. The van der Waals surface area contributed by atoms with Crippen molar-refractivity contribution in [2.24, 2.45) is 0 Å². The lowest BCUT2D eigenvalue weighted by Crippen LogP contribution is -2.21. The predicted octanol–water partition coefficient (Wildman–Crippen LogP) is 1.43. The molecule has 0 unspecified atom stereocenters. The summed E-state index contributed by atoms with van der Waals surface area (Å²) in [6, 6.07) is 3.08. The van der Waals surface area contributed by atoms with E-state index in [-0.39, 0.29) is 11.1 Å². The summed E-state index contributed by atoms with van der Waals surface area (Å²) in [7, 11) is 1.79. The molecule has 2 aliphatic heterocycles. The molecule has 2 aliphatic rings. The Bertz CT molecular complexity index is 872. The van der Waals surface area contributed by atoms with Gasteiger partial charge in [-0.25, -0.2) is 9.59 Å². The normalized spacial score (nSPS) is 14.4. The van der Waals surface area contributed by atoms with E-state index in [9.17, 15) is 14.2 Å². The smallest absolute Gasteiger partial charge is 0.356 e. The number of methoxy groups -OCH3 is 2. The van der Waals surface area contributed by atoms with Crippen molar-refractivity contribution < 1.29 is 33.4 Å². The van der Waals surface area contributed by atoms with E-state index in [4.69, 9.17) is 9.79 Å². The molecular formula is C22H35N4O7P. The standard InChI is InChI=1S/C10H11O7P.2C6H12N2/c1-16-9(11)6-3-7(10(12)17-2)5-8(4-6)18(13,14)15;2*1-3-8-5-4-7(2)6-8/h3-5H,1-2H3,(H2,13,14,15);2*4-5H,3,6H2,1-2H3. The lowest BCUT2D eigenvalue weighted by Gasteiger charge is -2.14. The molecule has 0 fully saturated rings. The van der Waals surface area contributed by atoms with Crippen LogP contribution >= 0.6 is 7.60 Å². The van der Waals surface area contributed by atoms with Crippen molar-refractivity contribution in [1.29, 1.82) is 0 Å². The van der Waals surface area contributed by atoms with Gasteiger partial charge in [0.05, 0.1) is 44.0 Å². The van der Waals surface area contributed by atoms with E-state index < -0.39 is 24.8 Å². The van der Waals surface area contributed by atoms with Crippen molar-refractivity contribution in [3.63, 3.8) is 0 Å². The van der Waals surface area contributed by atoms with E-state index in [2.05, 4.69) is 81.8 Å². The van der Waals surface area contributed by atoms with Crippen LogP contribution in [-0.4, -0.2) is 96.1 Å². The molecule has 0 saturated heterocycles. The Labute approximate surface area is 201 Å². The van der Waals surface area contributed by atoms with Gasteiger partial charge in [0.2, 0.25) is 0 Å². The van der Waals surface area contributed by atoms with Crippen molar-refractivity contribution in [3.05, 3.63) is 54.1 Å². The summed E-state index contributed by atoms with van der Waals surface area (Å²) in [6.45, 7) is 8.64. The molecule has 0 aliphatic carbocycles. The number of carbonyl (C=O) groups excluding carboxylic acids is 2. The third-order valence-corrected chi connectivity index (χ3v) is 5.71. The first-order chi connectivity index (χ1) is 15.9. The molecule has 0 radical (unpaired) electrons. The van der Waals surface area contributed by atoms with Crippen LogP contribution in [-0.2, 0) is 14.0 Å². The molecule has 11 nitrogen and oxygen atoms in total. The minimum atomic E-state index is -4.59. The maximum Gasteiger partial charge on any atom is 0.356 e. The molecule has 12 heteroatoms. The Balaban J connectivity index is 0.000000296. The highest BCUT2D eigenvalue weighted by Gasteiger charge is 2.22. The molecule has 0 bridgehead atoms. The Morgan fingerprint density at radius 1 is 0.824 bits per heavy atom. The Kier molecular flexibility index (Phi) is 11.6. The number of rotatable bonds is 5. The van der Waals surface area contributed by atoms with Gasteiger partial charge < -0.3 is 38.9 Å². The summed E-state index contributed by atoms with van der Waals surface area (Å²) >= 11 is 0. The van der Waals surface area contributed by atoms with Crippen LogP contribution in [0.1, 0.15) is 34.6 Å². The zero-order valence-corrected chi connectivity index (χ0v) is 21.4. The number of ether oxygens (including phenoxy) is 2. The van der Waals surface area contributed by atoms with Crippen LogP contribution in [0.3, 0.4) is 0 Å². The number of nitrogens with zero attached hydrogens (tertiary/aromatic N) is 4. The number of hydrogen-bond acceptors (Lipinski definition) is 9. The van der Waals surface area contributed by atoms with Crippen molar-refractivity contribution in [1.82, 2.24) is 19.6 Å². The maximum absolute atomic E-state index is 11.3. The molecule has 2 N–H and O–H groups in total. The molecule has 2 heterocycles. The van der Waals surface area contributed by atoms with Crippen LogP contribution in [0.4, 0.5) is 0 Å². The number of hydrogen-bond donors (Lipinski definition) is 2. The lowest BCUT2D eigenvalue weighted by molar-refractivity contribution is 0.0599. The van der Waals surface area contributed by atoms with Gasteiger partial charge in [-0.1, -0.05) is 0 Å². The van der Waals surface area contributed by atoms with E-state index in [1.807, 2.05) is 0 Å². The molecule has 1 aromatic carbocycles. The zero-order chi connectivity index (χ0) is 25.9. The number of esters is 2. The molecule has 190 valence electrons. The SMILES string of the molecule is CCN1C=CN(C)C1.CCN1C=CN(C)C1.COC(=O)c1cc(C(=O)OC)cc(P(=O)(O)O)c1. The van der Waals surface area contributed by atoms with Crippen molar-refractivity contribution in [3.8, 4) is 0 Å². The Morgan fingerprint density at radius 3 is 1.41 bits per heavy atom. The van der Waals surface area contributed by atoms with Crippen LogP contribution in [0.25, 0.3) is 0 Å². The fourth-order valence-corrected chi connectivity index (χ4v) is 3.45. The van der Waals surface area contributed by atoms with Gasteiger partial charge in [-0.15, -0.1) is 0 Å². The fourth-order valence-electron chi connectivity index (χ4n) is 2.84. The minimum Gasteiger partial charge on any atom is -0.465 e. The average Bonchev–Trinajstić information content (AvgIpc) is 3.45. The summed E-state index contributed by atoms with van der Waals surface area (Å²) in [5, 5.41) is -0.453. The topological polar surface area (TPSA) is 123 Å². The Hall–Kier alpha value is -3.01. The highest BCUT2D eigenvalue weighted by molar-refractivity contribution is 7.60. The first kappa shape index (κ1) is 29.0. The molecule has 0 saturated carbocycles. The summed E-state index contributed by atoms with van der Waals surface area (Å²) in [6.07, 6.45) is 8.40. The zero-order valence-electron chi connectivity index (χ0n) is 20.5. The van der Waals surface area contributed by atoms with Gasteiger partial charge in [-0.05, 0) is 32.0 Å². The first-order valence-electron chi connectivity index (χ1n) is 10.6. The second-order valence-corrected chi connectivity index (χ2v) is 9.10. The molecule has 0 spiro atoms. The molecule has 1 aromatic rings. The molecule has 0 aromatic heterocycles. The van der Waals surface area contributed by atoms with Gasteiger partial charge in [0.25, 0.3) is 0 Å². The predicted molar refractivity (Wildman–Crippen MR) is 129 cm³/mol. The van der Waals surface area contributed by atoms with Gasteiger partial charge >= 0.3 is 19.5 Å². The molecule has 0 amide bonds. The average molecular weight is 499 g/mol. The molecule has 0 atom stereocenters. The summed E-state index contributed by atoms with van der Waals surface area (Å²) in [5.74, 6) is -1.62. The van der Waals surface area contributed by atoms with Crippen LogP contribution in [0.2, 0.25) is 0 Å². The molecular weight excluding hydrogens is 463 g/mol. The van der Waals surface area contributed by atoms with E-state index in [1.165, 1.54) is 0 Å². The van der Waals surface area contributed by atoms with E-state index in [1.54, 1.807) is 0 Å². The monoisotopic (exact) mass is 498 g/mol. The van der Waals surface area contributed by atoms with Crippen LogP contribution in [0.5, 0.6) is 0 Å². The van der Waals surface area contributed by atoms with Crippen molar-refractivity contribution >= 4 is 24.8 Å². The third kappa shape index (κ3) is 9.46. The van der Waals surface area contributed by atoms with E-state index in [0.717, 1.165) is 58.8 Å². The highest BCUT2D eigenvalue weighted by Crippen LogP contribution is 2.33. The second kappa shape index (κ2) is 13.6. The third-order valence-electron chi connectivity index (χ3n) is 4.78. The maximum atomic E-state index is 11.3. The van der Waals surface area contributed by atoms with Crippen LogP contribution < -0.4 is 5.30 Å².